The third-order valence-electron chi connectivity index (χ3n) is 5.09. The van der Waals surface area contributed by atoms with Crippen molar-refractivity contribution in [3.8, 4) is 0 Å². The van der Waals surface area contributed by atoms with Crippen LogP contribution in [-0.4, -0.2) is 17.7 Å². The van der Waals surface area contributed by atoms with Crippen molar-refractivity contribution in [2.24, 2.45) is 0 Å². The van der Waals surface area contributed by atoms with E-state index in [0.29, 0.717) is 32.7 Å². The summed E-state index contributed by atoms with van der Waals surface area (Å²) in [5.74, 6) is -0.303. The lowest BCUT2D eigenvalue weighted by molar-refractivity contribution is -0.120. The number of halogens is 5. The molecule has 3 aromatic rings. The van der Waals surface area contributed by atoms with Gasteiger partial charge < -0.3 is 9.88 Å². The summed E-state index contributed by atoms with van der Waals surface area (Å²) < 4.78 is 40.2. The van der Waals surface area contributed by atoms with Crippen molar-refractivity contribution >= 4 is 39.8 Å². The quantitative estimate of drug-likeness (QED) is 0.540. The van der Waals surface area contributed by atoms with E-state index in [4.69, 9.17) is 23.2 Å². The maximum atomic E-state index is 13.4. The summed E-state index contributed by atoms with van der Waals surface area (Å²) in [5, 5.41) is 1.25. The van der Waals surface area contributed by atoms with E-state index in [9.17, 15) is 18.0 Å². The Bertz CT molecular complexity index is 1130. The molecule has 0 spiro atoms. The molecule has 4 rings (SSSR count). The van der Waals surface area contributed by atoms with Gasteiger partial charge in [0.2, 0.25) is 5.56 Å². The van der Waals surface area contributed by atoms with Gasteiger partial charge in [-0.2, -0.15) is 13.2 Å². The van der Waals surface area contributed by atoms with Crippen LogP contribution in [0.1, 0.15) is 30.0 Å². The second-order valence-electron chi connectivity index (χ2n) is 6.93. The maximum Gasteiger partial charge on any atom is 0.405 e. The van der Waals surface area contributed by atoms with Crippen molar-refractivity contribution < 1.29 is 13.2 Å². The van der Waals surface area contributed by atoms with Crippen LogP contribution in [0.15, 0.2) is 47.3 Å². The number of aromatic nitrogens is 1. The van der Waals surface area contributed by atoms with Gasteiger partial charge in [0, 0.05) is 28.1 Å². The van der Waals surface area contributed by atoms with E-state index in [-0.39, 0.29) is 16.5 Å². The number of H-pyrrole nitrogens is 1. The monoisotopic (exact) mass is 426 g/mol. The highest BCUT2D eigenvalue weighted by Crippen LogP contribution is 2.52. The Morgan fingerprint density at radius 3 is 2.57 bits per heavy atom. The summed E-state index contributed by atoms with van der Waals surface area (Å²) >= 11 is 12.4. The molecule has 8 heteroatoms. The van der Waals surface area contributed by atoms with Crippen molar-refractivity contribution in [1.29, 1.82) is 0 Å². The van der Waals surface area contributed by atoms with Gasteiger partial charge in [-0.1, -0.05) is 42.3 Å². The number of hydrogen-bond acceptors (Lipinski definition) is 2. The van der Waals surface area contributed by atoms with Gasteiger partial charge in [0.25, 0.3) is 0 Å². The first-order valence-corrected chi connectivity index (χ1v) is 9.35. The lowest BCUT2D eigenvalue weighted by Crippen LogP contribution is -2.35. The lowest BCUT2D eigenvalue weighted by atomic mass is 9.90. The molecule has 3 nitrogen and oxygen atoms in total. The molecule has 0 saturated heterocycles. The number of benzene rings is 2. The fraction of sp³-hybridized carbons (Fsp3) is 0.250. The number of rotatable bonds is 2. The minimum atomic E-state index is -4.39. The molecule has 0 radical (unpaired) electrons. The fourth-order valence-corrected chi connectivity index (χ4v) is 4.65. The highest BCUT2D eigenvalue weighted by molar-refractivity contribution is 6.35. The average molecular weight is 427 g/mol. The summed E-state index contributed by atoms with van der Waals surface area (Å²) in [5.41, 5.74) is 1.97. The molecular formula is C20H15Cl2F3N2O. The Hall–Kier alpha value is -2.18. The molecule has 1 aliphatic heterocycles. The normalized spacial score (nSPS) is 19.3. The molecule has 28 heavy (non-hydrogen) atoms. The molecule has 0 fully saturated rings. The van der Waals surface area contributed by atoms with Gasteiger partial charge in [-0.3, -0.25) is 4.79 Å². The van der Waals surface area contributed by atoms with Crippen LogP contribution in [0.25, 0.3) is 10.9 Å². The second kappa shape index (κ2) is 6.71. The molecule has 1 aliphatic rings. The molecule has 0 aliphatic carbocycles. The van der Waals surface area contributed by atoms with Gasteiger partial charge in [0.15, 0.2) is 0 Å². The molecule has 146 valence electrons. The largest absolute Gasteiger partial charge is 0.405 e. The Morgan fingerprint density at radius 1 is 1.14 bits per heavy atom. The van der Waals surface area contributed by atoms with Crippen molar-refractivity contribution in [3.63, 3.8) is 0 Å². The minimum absolute atomic E-state index is 0.223. The number of anilines is 1. The van der Waals surface area contributed by atoms with E-state index in [1.165, 1.54) is 11.0 Å². The van der Waals surface area contributed by atoms with Gasteiger partial charge in [-0.15, -0.1) is 0 Å². The number of fused-ring (bicyclic) bond motifs is 3. The Balaban J connectivity index is 1.98. The fourth-order valence-electron chi connectivity index (χ4n) is 4.15. The van der Waals surface area contributed by atoms with Crippen LogP contribution in [-0.2, 0) is 0 Å². The maximum absolute atomic E-state index is 13.4. The van der Waals surface area contributed by atoms with Crippen LogP contribution < -0.4 is 10.5 Å². The first-order valence-electron chi connectivity index (χ1n) is 8.60. The van der Waals surface area contributed by atoms with E-state index < -0.39 is 18.8 Å². The van der Waals surface area contributed by atoms with Crippen molar-refractivity contribution in [1.82, 2.24) is 4.98 Å². The van der Waals surface area contributed by atoms with Crippen molar-refractivity contribution in [3.05, 3.63) is 74.0 Å². The standard InChI is InChI=1S/C20H15Cl2F3N2O/c1-10-17-15(6-5-14-18(17)13(22)8-16(28)26-14)27(9-20(23,24)25)19(10)11-3-2-4-12(21)7-11/h2-8,10,19H,9H2,1H3,(H,26,28). The Kier molecular flexibility index (Phi) is 4.59. The molecular weight excluding hydrogens is 412 g/mol. The Morgan fingerprint density at radius 2 is 1.89 bits per heavy atom. The number of hydrogen-bond donors (Lipinski definition) is 1. The highest BCUT2D eigenvalue weighted by atomic mass is 35.5. The van der Waals surface area contributed by atoms with Crippen LogP contribution in [0.5, 0.6) is 0 Å². The third kappa shape index (κ3) is 3.25. The van der Waals surface area contributed by atoms with Gasteiger partial charge >= 0.3 is 6.18 Å². The summed E-state index contributed by atoms with van der Waals surface area (Å²) in [6.07, 6.45) is -4.39. The van der Waals surface area contributed by atoms with E-state index in [2.05, 4.69) is 4.98 Å². The van der Waals surface area contributed by atoms with Crippen molar-refractivity contribution in [2.45, 2.75) is 25.1 Å². The van der Waals surface area contributed by atoms with Crippen LogP contribution in [0.4, 0.5) is 18.9 Å². The first-order chi connectivity index (χ1) is 13.2. The van der Waals surface area contributed by atoms with E-state index >= 15 is 0 Å². The van der Waals surface area contributed by atoms with Gasteiger partial charge in [0.05, 0.1) is 16.6 Å². The van der Waals surface area contributed by atoms with Crippen molar-refractivity contribution in [2.75, 3.05) is 11.4 Å². The summed E-state index contributed by atoms with van der Waals surface area (Å²) in [6, 6.07) is 10.7. The molecule has 0 amide bonds. The number of alkyl halides is 3. The van der Waals surface area contributed by atoms with Crippen LogP contribution >= 0.6 is 23.2 Å². The van der Waals surface area contributed by atoms with Crippen LogP contribution in [0.3, 0.4) is 0 Å². The molecule has 0 bridgehead atoms. The van der Waals surface area contributed by atoms with Gasteiger partial charge in [0.1, 0.15) is 6.54 Å². The summed E-state index contributed by atoms with van der Waals surface area (Å²) in [7, 11) is 0. The number of pyridine rings is 1. The third-order valence-corrected chi connectivity index (χ3v) is 5.62. The predicted octanol–water partition coefficient (Wildman–Crippen LogP) is 6.06. The lowest BCUT2D eigenvalue weighted by Gasteiger charge is -2.30. The second-order valence-corrected chi connectivity index (χ2v) is 7.78. The topological polar surface area (TPSA) is 36.1 Å². The molecule has 2 unspecified atom stereocenters. The molecule has 2 atom stereocenters. The smallest absolute Gasteiger partial charge is 0.355 e. The molecule has 1 N–H and O–H groups in total. The number of nitrogens with zero attached hydrogens (tertiary/aromatic N) is 1. The van der Waals surface area contributed by atoms with Crippen LogP contribution in [0.2, 0.25) is 10.0 Å². The Labute approximate surface area is 168 Å². The molecule has 1 aromatic heterocycles. The number of aromatic amines is 1. The number of nitrogens with one attached hydrogen (secondary N) is 1. The zero-order chi connectivity index (χ0) is 20.2. The van der Waals surface area contributed by atoms with E-state index in [1.807, 2.05) is 6.92 Å². The molecule has 0 saturated carbocycles. The molecule has 2 aromatic carbocycles. The first kappa shape index (κ1) is 19.2. The SMILES string of the molecule is CC1c2c(ccc3[nH]c(=O)cc(Cl)c23)N(CC(F)(F)F)C1c1cccc(Cl)c1. The minimum Gasteiger partial charge on any atom is -0.355 e. The predicted molar refractivity (Wildman–Crippen MR) is 106 cm³/mol. The van der Waals surface area contributed by atoms with E-state index in [0.717, 1.165) is 0 Å². The average Bonchev–Trinajstić information content (AvgIpc) is 2.85. The van der Waals surface area contributed by atoms with Crippen LogP contribution in [0, 0.1) is 0 Å². The zero-order valence-corrected chi connectivity index (χ0v) is 16.2. The summed E-state index contributed by atoms with van der Waals surface area (Å²) in [4.78, 5) is 15.8. The van der Waals surface area contributed by atoms with Gasteiger partial charge in [-0.05, 0) is 35.4 Å². The van der Waals surface area contributed by atoms with E-state index in [1.54, 1.807) is 36.4 Å². The highest BCUT2D eigenvalue weighted by Gasteiger charge is 2.43. The molecule has 2 heterocycles. The zero-order valence-electron chi connectivity index (χ0n) is 14.6. The van der Waals surface area contributed by atoms with Gasteiger partial charge in [-0.25, -0.2) is 0 Å². The summed E-state index contributed by atoms with van der Waals surface area (Å²) in [6.45, 7) is 0.760.